The standard InChI is InChI=1S/C11H10BrN3/c1-7-4-10(13)9(12)5-8(7)11-6-14-2-3-15-11/h2-6H,13H2,1H3. The molecule has 0 amide bonds. The topological polar surface area (TPSA) is 51.8 Å². The fourth-order valence-electron chi connectivity index (χ4n) is 1.42. The van der Waals surface area contributed by atoms with Crippen LogP contribution in [-0.2, 0) is 0 Å². The molecular formula is C11H10BrN3. The number of nitrogen functional groups attached to an aromatic ring is 1. The molecule has 4 heteroatoms. The van der Waals surface area contributed by atoms with Gasteiger partial charge in [-0.1, -0.05) is 0 Å². The van der Waals surface area contributed by atoms with E-state index in [2.05, 4.69) is 25.9 Å². The lowest BCUT2D eigenvalue weighted by atomic mass is 10.1. The van der Waals surface area contributed by atoms with E-state index in [9.17, 15) is 0 Å². The Kier molecular flexibility index (Phi) is 2.68. The minimum atomic E-state index is 0.736. The van der Waals surface area contributed by atoms with Gasteiger partial charge in [0.15, 0.2) is 0 Å². The number of nitrogens with two attached hydrogens (primary N) is 1. The molecule has 0 saturated heterocycles. The van der Waals surface area contributed by atoms with Gasteiger partial charge in [-0.05, 0) is 40.5 Å². The Morgan fingerprint density at radius 2 is 2.07 bits per heavy atom. The Morgan fingerprint density at radius 1 is 1.27 bits per heavy atom. The molecule has 1 heterocycles. The molecule has 2 N–H and O–H groups in total. The van der Waals surface area contributed by atoms with E-state index in [0.29, 0.717) is 0 Å². The Labute approximate surface area is 96.5 Å². The Balaban J connectivity index is 2.59. The summed E-state index contributed by atoms with van der Waals surface area (Å²) in [7, 11) is 0. The van der Waals surface area contributed by atoms with E-state index in [1.54, 1.807) is 18.6 Å². The molecule has 2 aromatic rings. The van der Waals surface area contributed by atoms with Crippen molar-refractivity contribution in [2.24, 2.45) is 0 Å². The van der Waals surface area contributed by atoms with E-state index < -0.39 is 0 Å². The van der Waals surface area contributed by atoms with Crippen molar-refractivity contribution < 1.29 is 0 Å². The summed E-state index contributed by atoms with van der Waals surface area (Å²) in [5.41, 5.74) is 9.52. The zero-order valence-corrected chi connectivity index (χ0v) is 9.82. The van der Waals surface area contributed by atoms with E-state index in [0.717, 1.165) is 27.0 Å². The van der Waals surface area contributed by atoms with Gasteiger partial charge in [-0.3, -0.25) is 9.97 Å². The third-order valence-electron chi connectivity index (χ3n) is 2.18. The molecule has 0 radical (unpaired) electrons. The van der Waals surface area contributed by atoms with E-state index >= 15 is 0 Å². The quantitative estimate of drug-likeness (QED) is 0.806. The number of benzene rings is 1. The van der Waals surface area contributed by atoms with Crippen molar-refractivity contribution in [3.05, 3.63) is 40.8 Å². The molecule has 3 nitrogen and oxygen atoms in total. The Hall–Kier alpha value is -1.42. The molecule has 0 spiro atoms. The second-order valence-corrected chi connectivity index (χ2v) is 4.13. The minimum absolute atomic E-state index is 0.736. The summed E-state index contributed by atoms with van der Waals surface area (Å²) < 4.78 is 0.883. The second kappa shape index (κ2) is 3.98. The van der Waals surface area contributed by atoms with E-state index in [4.69, 9.17) is 5.73 Å². The molecule has 0 atom stereocenters. The number of halogens is 1. The van der Waals surface area contributed by atoms with Crippen LogP contribution in [-0.4, -0.2) is 9.97 Å². The summed E-state index contributed by atoms with van der Waals surface area (Å²) in [6.45, 7) is 2.01. The molecule has 76 valence electrons. The average molecular weight is 264 g/mol. The summed E-state index contributed by atoms with van der Waals surface area (Å²) in [5.74, 6) is 0. The third-order valence-corrected chi connectivity index (χ3v) is 2.87. The van der Waals surface area contributed by atoms with Crippen LogP contribution in [0.2, 0.25) is 0 Å². The maximum absolute atomic E-state index is 5.78. The molecule has 15 heavy (non-hydrogen) atoms. The molecule has 0 saturated carbocycles. The molecule has 1 aromatic heterocycles. The van der Waals surface area contributed by atoms with Crippen molar-refractivity contribution in [1.82, 2.24) is 9.97 Å². The van der Waals surface area contributed by atoms with Gasteiger partial charge in [0.1, 0.15) is 0 Å². The van der Waals surface area contributed by atoms with Crippen molar-refractivity contribution in [1.29, 1.82) is 0 Å². The average Bonchev–Trinajstić information content (AvgIpc) is 2.25. The highest BCUT2D eigenvalue weighted by Gasteiger charge is 2.06. The maximum Gasteiger partial charge on any atom is 0.0888 e. The van der Waals surface area contributed by atoms with Gasteiger partial charge >= 0.3 is 0 Å². The fraction of sp³-hybridized carbons (Fsp3) is 0.0909. The lowest BCUT2D eigenvalue weighted by Gasteiger charge is -2.07. The van der Waals surface area contributed by atoms with E-state index in [1.165, 1.54) is 0 Å². The van der Waals surface area contributed by atoms with E-state index in [-0.39, 0.29) is 0 Å². The van der Waals surface area contributed by atoms with Gasteiger partial charge in [-0.25, -0.2) is 0 Å². The van der Waals surface area contributed by atoms with Crippen LogP contribution in [0.4, 0.5) is 5.69 Å². The van der Waals surface area contributed by atoms with Gasteiger partial charge in [0, 0.05) is 28.1 Å². The summed E-state index contributed by atoms with van der Waals surface area (Å²) >= 11 is 3.40. The van der Waals surface area contributed by atoms with Crippen LogP contribution in [0.3, 0.4) is 0 Å². The predicted molar refractivity (Wildman–Crippen MR) is 64.3 cm³/mol. The molecule has 0 aliphatic heterocycles. The molecule has 0 aliphatic carbocycles. The summed E-state index contributed by atoms with van der Waals surface area (Å²) in [6, 6.07) is 3.89. The zero-order chi connectivity index (χ0) is 10.8. The molecule has 2 rings (SSSR count). The second-order valence-electron chi connectivity index (χ2n) is 3.28. The number of aromatic nitrogens is 2. The first-order valence-electron chi connectivity index (χ1n) is 4.50. The molecule has 0 bridgehead atoms. The number of aryl methyl sites for hydroxylation is 1. The lowest BCUT2D eigenvalue weighted by Crippen LogP contribution is -1.92. The summed E-state index contributed by atoms with van der Waals surface area (Å²) in [4.78, 5) is 8.30. The highest BCUT2D eigenvalue weighted by atomic mass is 79.9. The Bertz CT molecular complexity index is 483. The van der Waals surface area contributed by atoms with Crippen LogP contribution in [0.1, 0.15) is 5.56 Å². The molecule has 0 fully saturated rings. The van der Waals surface area contributed by atoms with Gasteiger partial charge in [0.25, 0.3) is 0 Å². The highest BCUT2D eigenvalue weighted by Crippen LogP contribution is 2.29. The Morgan fingerprint density at radius 3 is 2.73 bits per heavy atom. The molecule has 0 aliphatic rings. The number of anilines is 1. The maximum atomic E-state index is 5.78. The van der Waals surface area contributed by atoms with Crippen LogP contribution in [0, 0.1) is 6.92 Å². The van der Waals surface area contributed by atoms with Crippen molar-refractivity contribution in [3.63, 3.8) is 0 Å². The van der Waals surface area contributed by atoms with Gasteiger partial charge in [-0.2, -0.15) is 0 Å². The smallest absolute Gasteiger partial charge is 0.0888 e. The van der Waals surface area contributed by atoms with Crippen molar-refractivity contribution in [2.75, 3.05) is 5.73 Å². The SMILES string of the molecule is Cc1cc(N)c(Br)cc1-c1cnccn1. The van der Waals surface area contributed by atoms with Gasteiger partial charge < -0.3 is 5.73 Å². The lowest BCUT2D eigenvalue weighted by molar-refractivity contribution is 1.20. The summed E-state index contributed by atoms with van der Waals surface area (Å²) in [5, 5.41) is 0. The minimum Gasteiger partial charge on any atom is -0.398 e. The van der Waals surface area contributed by atoms with Gasteiger partial charge in [0.05, 0.1) is 11.9 Å². The first kappa shape index (κ1) is 10.1. The number of hydrogen-bond acceptors (Lipinski definition) is 3. The molecular weight excluding hydrogens is 254 g/mol. The van der Waals surface area contributed by atoms with Crippen molar-refractivity contribution in [2.45, 2.75) is 6.92 Å². The normalized spacial score (nSPS) is 10.3. The first-order valence-corrected chi connectivity index (χ1v) is 5.30. The van der Waals surface area contributed by atoms with E-state index in [1.807, 2.05) is 19.1 Å². The van der Waals surface area contributed by atoms with Crippen molar-refractivity contribution in [3.8, 4) is 11.3 Å². The van der Waals surface area contributed by atoms with Crippen LogP contribution in [0.5, 0.6) is 0 Å². The molecule has 1 aromatic carbocycles. The van der Waals surface area contributed by atoms with Crippen LogP contribution < -0.4 is 5.73 Å². The van der Waals surface area contributed by atoms with Crippen LogP contribution >= 0.6 is 15.9 Å². The number of rotatable bonds is 1. The monoisotopic (exact) mass is 263 g/mol. The van der Waals surface area contributed by atoms with Gasteiger partial charge in [-0.15, -0.1) is 0 Å². The predicted octanol–water partition coefficient (Wildman–Crippen LogP) is 2.80. The van der Waals surface area contributed by atoms with Crippen LogP contribution in [0.25, 0.3) is 11.3 Å². The summed E-state index contributed by atoms with van der Waals surface area (Å²) in [6.07, 6.45) is 5.08. The molecule has 0 unspecified atom stereocenters. The number of hydrogen-bond donors (Lipinski definition) is 1. The van der Waals surface area contributed by atoms with Crippen LogP contribution in [0.15, 0.2) is 35.2 Å². The third kappa shape index (κ3) is 1.99. The van der Waals surface area contributed by atoms with Crippen molar-refractivity contribution >= 4 is 21.6 Å². The highest BCUT2D eigenvalue weighted by molar-refractivity contribution is 9.10. The number of nitrogens with zero attached hydrogens (tertiary/aromatic N) is 2. The largest absolute Gasteiger partial charge is 0.398 e. The van der Waals surface area contributed by atoms with Gasteiger partial charge in [0.2, 0.25) is 0 Å². The zero-order valence-electron chi connectivity index (χ0n) is 8.24. The first-order chi connectivity index (χ1) is 7.18. The fourth-order valence-corrected chi connectivity index (χ4v) is 1.76.